The summed E-state index contributed by atoms with van der Waals surface area (Å²) in [5, 5.41) is 13.7. The molecule has 2 aromatic carbocycles. The summed E-state index contributed by atoms with van der Waals surface area (Å²) in [6.45, 7) is 1.33. The topological polar surface area (TPSA) is 106 Å². The Labute approximate surface area is 204 Å². The molecule has 3 N–H and O–H groups in total. The quantitative estimate of drug-likeness (QED) is 0.257. The van der Waals surface area contributed by atoms with Crippen LogP contribution in [0.4, 0.5) is 32.0 Å². The molecule has 3 rings (SSSR count). The van der Waals surface area contributed by atoms with Gasteiger partial charge in [-0.2, -0.15) is 31.1 Å². The van der Waals surface area contributed by atoms with Crippen LogP contribution in [0.2, 0.25) is 0 Å². The first-order valence-electron chi connectivity index (χ1n) is 9.88. The molecule has 1 amide bonds. The first-order chi connectivity index (χ1) is 16.8. The number of benzene rings is 2. The van der Waals surface area contributed by atoms with E-state index >= 15 is 0 Å². The SMILES string of the molecule is COc1cccc(NC(=S)NNC(=O)C(C)n2nnc(-c3cc(C(F)(F)F)cc(C(F)(F)F)c3)n2)c1. The van der Waals surface area contributed by atoms with Crippen LogP contribution in [0.5, 0.6) is 5.75 Å². The zero-order valence-corrected chi connectivity index (χ0v) is 19.2. The van der Waals surface area contributed by atoms with E-state index in [4.69, 9.17) is 17.0 Å². The lowest BCUT2D eigenvalue weighted by molar-refractivity contribution is -0.143. The molecule has 0 aliphatic rings. The highest BCUT2D eigenvalue weighted by atomic mass is 32.1. The minimum Gasteiger partial charge on any atom is -0.497 e. The van der Waals surface area contributed by atoms with Gasteiger partial charge < -0.3 is 10.1 Å². The molecule has 0 fully saturated rings. The van der Waals surface area contributed by atoms with Gasteiger partial charge in [0, 0.05) is 17.3 Å². The van der Waals surface area contributed by atoms with Crippen molar-refractivity contribution >= 4 is 28.9 Å². The number of amides is 1. The van der Waals surface area contributed by atoms with Crippen LogP contribution in [-0.4, -0.2) is 38.3 Å². The van der Waals surface area contributed by atoms with Gasteiger partial charge in [0.1, 0.15) is 5.75 Å². The first-order valence-corrected chi connectivity index (χ1v) is 10.3. The van der Waals surface area contributed by atoms with Gasteiger partial charge in [0.05, 0.1) is 18.2 Å². The largest absolute Gasteiger partial charge is 0.497 e. The van der Waals surface area contributed by atoms with Crippen LogP contribution in [0, 0.1) is 0 Å². The summed E-state index contributed by atoms with van der Waals surface area (Å²) in [6, 6.07) is 6.52. The fraction of sp³-hybridized carbons (Fsp3) is 0.250. The standard InChI is InChI=1S/C20H17F6N7O2S/c1-10(17(34)29-30-18(36)27-14-4-3-5-15(9-14)35-2)33-31-16(28-32-33)11-6-12(19(21,22)23)8-13(7-11)20(24,25)26/h3-10H,1-2H3,(H,29,34)(H2,27,30,36). The Morgan fingerprint density at radius 3 is 2.25 bits per heavy atom. The van der Waals surface area contributed by atoms with Gasteiger partial charge in [-0.15, -0.1) is 10.2 Å². The monoisotopic (exact) mass is 533 g/mol. The van der Waals surface area contributed by atoms with Crippen LogP contribution in [0.3, 0.4) is 0 Å². The number of halogens is 6. The Kier molecular flexibility index (Phi) is 7.66. The van der Waals surface area contributed by atoms with Gasteiger partial charge in [0.2, 0.25) is 5.82 Å². The molecule has 16 heteroatoms. The number of hydrazine groups is 1. The number of carbonyl (C=O) groups excluding carboxylic acids is 1. The number of nitrogens with zero attached hydrogens (tertiary/aromatic N) is 4. The van der Waals surface area contributed by atoms with E-state index in [0.29, 0.717) is 23.6 Å². The molecular weight excluding hydrogens is 516 g/mol. The third-order valence-electron chi connectivity index (χ3n) is 4.63. The molecule has 1 aromatic heterocycles. The van der Waals surface area contributed by atoms with Crippen molar-refractivity contribution in [1.29, 1.82) is 0 Å². The molecule has 0 saturated heterocycles. The first kappa shape index (κ1) is 26.7. The van der Waals surface area contributed by atoms with E-state index in [0.717, 1.165) is 4.80 Å². The molecule has 9 nitrogen and oxygen atoms in total. The van der Waals surface area contributed by atoms with Crippen LogP contribution >= 0.6 is 12.2 Å². The van der Waals surface area contributed by atoms with E-state index in [-0.39, 0.29) is 11.2 Å². The molecule has 0 radical (unpaired) electrons. The normalized spacial score (nSPS) is 12.6. The van der Waals surface area contributed by atoms with Crippen molar-refractivity contribution in [2.45, 2.75) is 25.3 Å². The number of nitrogens with one attached hydrogen (secondary N) is 3. The number of carbonyl (C=O) groups is 1. The Morgan fingerprint density at radius 1 is 1.03 bits per heavy atom. The minimum atomic E-state index is -5.04. The summed E-state index contributed by atoms with van der Waals surface area (Å²) < 4.78 is 83.7. The number of aromatic nitrogens is 4. The highest BCUT2D eigenvalue weighted by molar-refractivity contribution is 7.80. The average molecular weight is 533 g/mol. The van der Waals surface area contributed by atoms with E-state index in [9.17, 15) is 31.1 Å². The van der Waals surface area contributed by atoms with Gasteiger partial charge in [-0.25, -0.2) is 0 Å². The lowest BCUT2D eigenvalue weighted by atomic mass is 10.0. The van der Waals surface area contributed by atoms with Crippen molar-refractivity contribution in [3.8, 4) is 17.1 Å². The van der Waals surface area contributed by atoms with Crippen LogP contribution in [0.15, 0.2) is 42.5 Å². The molecule has 0 saturated carbocycles. The van der Waals surface area contributed by atoms with Crippen LogP contribution < -0.4 is 20.9 Å². The number of hydrogen-bond acceptors (Lipinski definition) is 6. The zero-order chi connectivity index (χ0) is 26.7. The molecule has 1 heterocycles. The van der Waals surface area contributed by atoms with E-state index in [1.165, 1.54) is 14.0 Å². The summed E-state index contributed by atoms with van der Waals surface area (Å²) in [4.78, 5) is 13.1. The molecule has 0 spiro atoms. The van der Waals surface area contributed by atoms with E-state index < -0.39 is 46.8 Å². The van der Waals surface area contributed by atoms with Crippen molar-refractivity contribution in [3.05, 3.63) is 53.6 Å². The molecule has 1 unspecified atom stereocenters. The minimum absolute atomic E-state index is 0.0136. The van der Waals surface area contributed by atoms with Crippen molar-refractivity contribution < 1.29 is 35.9 Å². The van der Waals surface area contributed by atoms with Crippen molar-refractivity contribution in [1.82, 2.24) is 31.1 Å². The molecule has 36 heavy (non-hydrogen) atoms. The van der Waals surface area contributed by atoms with E-state index in [2.05, 4.69) is 31.6 Å². The van der Waals surface area contributed by atoms with Crippen molar-refractivity contribution in [2.75, 3.05) is 12.4 Å². The Hall–Kier alpha value is -3.95. The highest BCUT2D eigenvalue weighted by Crippen LogP contribution is 2.38. The summed E-state index contributed by atoms with van der Waals surface area (Å²) in [5.41, 5.74) is 1.66. The van der Waals surface area contributed by atoms with Gasteiger partial charge in [-0.3, -0.25) is 15.6 Å². The number of hydrogen-bond donors (Lipinski definition) is 3. The second kappa shape index (κ2) is 10.3. The third-order valence-corrected chi connectivity index (χ3v) is 4.83. The van der Waals surface area contributed by atoms with Gasteiger partial charge in [-0.05, 0) is 54.7 Å². The summed E-state index contributed by atoms with van der Waals surface area (Å²) in [5.74, 6) is -0.695. The van der Waals surface area contributed by atoms with Crippen LogP contribution in [0.25, 0.3) is 11.4 Å². The predicted octanol–water partition coefficient (Wildman–Crippen LogP) is 3.97. The molecule has 192 valence electrons. The molecular formula is C20H17F6N7O2S. The van der Waals surface area contributed by atoms with Gasteiger partial charge in [0.15, 0.2) is 11.2 Å². The second-order valence-electron chi connectivity index (χ2n) is 7.20. The number of tetrazole rings is 1. The second-order valence-corrected chi connectivity index (χ2v) is 7.61. The molecule has 0 aliphatic heterocycles. The third kappa shape index (κ3) is 6.59. The lowest BCUT2D eigenvalue weighted by Gasteiger charge is -2.14. The fourth-order valence-corrected chi connectivity index (χ4v) is 2.95. The Morgan fingerprint density at radius 2 is 1.67 bits per heavy atom. The maximum Gasteiger partial charge on any atom is 0.416 e. The number of thiocarbonyl (C=S) groups is 1. The summed E-state index contributed by atoms with van der Waals surface area (Å²) in [6.07, 6.45) is -10.1. The van der Waals surface area contributed by atoms with Gasteiger partial charge >= 0.3 is 12.4 Å². The molecule has 0 bridgehead atoms. The van der Waals surface area contributed by atoms with E-state index in [1.54, 1.807) is 24.3 Å². The van der Waals surface area contributed by atoms with E-state index in [1.807, 2.05) is 0 Å². The van der Waals surface area contributed by atoms with Crippen molar-refractivity contribution in [2.24, 2.45) is 0 Å². The van der Waals surface area contributed by atoms with Gasteiger partial charge in [0.25, 0.3) is 5.91 Å². The number of methoxy groups -OCH3 is 1. The summed E-state index contributed by atoms with van der Waals surface area (Å²) in [7, 11) is 1.49. The molecule has 0 aliphatic carbocycles. The average Bonchev–Trinajstić information content (AvgIpc) is 3.31. The number of anilines is 1. The number of alkyl halides is 6. The maximum atomic E-state index is 13.1. The summed E-state index contributed by atoms with van der Waals surface area (Å²) >= 11 is 5.08. The molecule has 3 aromatic rings. The molecule has 1 atom stereocenters. The van der Waals surface area contributed by atoms with Crippen molar-refractivity contribution in [3.63, 3.8) is 0 Å². The Bertz CT molecular complexity index is 1230. The lowest BCUT2D eigenvalue weighted by Crippen LogP contribution is -2.46. The predicted molar refractivity (Wildman–Crippen MR) is 118 cm³/mol. The fourth-order valence-electron chi connectivity index (χ4n) is 2.78. The Balaban J connectivity index is 1.70. The van der Waals surface area contributed by atoms with Gasteiger partial charge in [-0.1, -0.05) is 6.07 Å². The maximum absolute atomic E-state index is 13.1. The van der Waals surface area contributed by atoms with Crippen LogP contribution in [0.1, 0.15) is 24.1 Å². The zero-order valence-electron chi connectivity index (χ0n) is 18.4. The smallest absolute Gasteiger partial charge is 0.416 e. The van der Waals surface area contributed by atoms with Crippen LogP contribution in [-0.2, 0) is 17.1 Å². The highest BCUT2D eigenvalue weighted by Gasteiger charge is 2.37. The number of rotatable bonds is 5. The number of ether oxygens (including phenoxy) is 1.